The van der Waals surface area contributed by atoms with Crippen LogP contribution in [0, 0.1) is 13.8 Å². The van der Waals surface area contributed by atoms with Crippen molar-refractivity contribution in [1.82, 2.24) is 9.62 Å². The van der Waals surface area contributed by atoms with E-state index >= 15 is 0 Å². The number of hydrogen-bond donors (Lipinski definition) is 1. The van der Waals surface area contributed by atoms with Gasteiger partial charge in [-0.1, -0.05) is 24.3 Å². The Balaban J connectivity index is 1.56. The van der Waals surface area contributed by atoms with Gasteiger partial charge in [0.25, 0.3) is 0 Å². The van der Waals surface area contributed by atoms with E-state index in [1.165, 1.54) is 11.1 Å². The van der Waals surface area contributed by atoms with Gasteiger partial charge in [0.1, 0.15) is 5.75 Å². The van der Waals surface area contributed by atoms with Gasteiger partial charge in [0, 0.05) is 25.7 Å². The molecule has 1 aliphatic heterocycles. The van der Waals surface area contributed by atoms with Crippen LogP contribution in [0.1, 0.15) is 33.9 Å². The molecule has 0 spiro atoms. The Hall–Kier alpha value is -2.19. The molecule has 5 nitrogen and oxygen atoms in total. The number of aryl methyl sites for hydroxylation is 2. The average Bonchev–Trinajstić information content (AvgIpc) is 3.28. The van der Waals surface area contributed by atoms with E-state index in [2.05, 4.69) is 45.3 Å². The Morgan fingerprint density at radius 3 is 2.48 bits per heavy atom. The van der Waals surface area contributed by atoms with Crippen molar-refractivity contribution in [1.29, 1.82) is 0 Å². The van der Waals surface area contributed by atoms with Gasteiger partial charge in [0.05, 0.1) is 12.0 Å². The molecule has 0 saturated heterocycles. The molecule has 0 bridgehead atoms. The lowest BCUT2D eigenvalue weighted by Crippen LogP contribution is -2.40. The van der Waals surface area contributed by atoms with E-state index < -0.39 is 10.0 Å². The summed E-state index contributed by atoms with van der Waals surface area (Å²) >= 11 is 1.64. The van der Waals surface area contributed by atoms with Crippen molar-refractivity contribution < 1.29 is 13.2 Å². The van der Waals surface area contributed by atoms with Gasteiger partial charge in [0.2, 0.25) is 10.0 Å². The number of hydrogen-bond acceptors (Lipinski definition) is 5. The van der Waals surface area contributed by atoms with E-state index in [9.17, 15) is 8.42 Å². The highest BCUT2D eigenvalue weighted by atomic mass is 32.2. The van der Waals surface area contributed by atoms with Crippen LogP contribution in [-0.2, 0) is 23.0 Å². The normalized spacial score (nSPS) is 15.5. The summed E-state index contributed by atoms with van der Waals surface area (Å²) in [4.78, 5) is 2.65. The summed E-state index contributed by atoms with van der Waals surface area (Å²) in [6, 6.07) is 13.9. The van der Waals surface area contributed by atoms with Gasteiger partial charge < -0.3 is 4.74 Å². The summed E-state index contributed by atoms with van der Waals surface area (Å²) in [7, 11) is -2.04. The van der Waals surface area contributed by atoms with Crippen LogP contribution < -0.4 is 9.46 Å². The molecule has 164 valence electrons. The Morgan fingerprint density at radius 1 is 1.13 bits per heavy atom. The van der Waals surface area contributed by atoms with Gasteiger partial charge in [-0.05, 0) is 77.0 Å². The highest BCUT2D eigenvalue weighted by molar-refractivity contribution is 7.89. The van der Waals surface area contributed by atoms with Gasteiger partial charge in [-0.2, -0.15) is 11.3 Å². The molecule has 1 atom stereocenters. The van der Waals surface area contributed by atoms with Crippen molar-refractivity contribution in [3.05, 3.63) is 81.0 Å². The van der Waals surface area contributed by atoms with Crippen molar-refractivity contribution in [2.24, 2.45) is 0 Å². The minimum atomic E-state index is -3.64. The van der Waals surface area contributed by atoms with Gasteiger partial charge >= 0.3 is 0 Å². The second kappa shape index (κ2) is 9.12. The first-order valence-electron chi connectivity index (χ1n) is 10.4. The quantitative estimate of drug-likeness (QED) is 0.571. The number of ether oxygens (including phenoxy) is 1. The number of benzene rings is 2. The number of thiophene rings is 1. The maximum absolute atomic E-state index is 13.1. The van der Waals surface area contributed by atoms with E-state index in [4.69, 9.17) is 4.74 Å². The number of methoxy groups -OCH3 is 1. The Kier molecular flexibility index (Phi) is 6.48. The van der Waals surface area contributed by atoms with Crippen molar-refractivity contribution in [3.63, 3.8) is 0 Å². The zero-order chi connectivity index (χ0) is 22.0. The van der Waals surface area contributed by atoms with Crippen LogP contribution >= 0.6 is 11.3 Å². The fraction of sp³-hybridized carbons (Fsp3) is 0.333. The molecule has 3 aromatic rings. The van der Waals surface area contributed by atoms with Crippen molar-refractivity contribution in [3.8, 4) is 5.75 Å². The van der Waals surface area contributed by atoms with Crippen LogP contribution in [0.15, 0.2) is 58.1 Å². The minimum absolute atomic E-state index is 0.0187. The highest BCUT2D eigenvalue weighted by Crippen LogP contribution is 2.30. The molecule has 4 rings (SSSR count). The molecule has 0 amide bonds. The van der Waals surface area contributed by atoms with Crippen LogP contribution in [0.3, 0.4) is 0 Å². The number of sulfonamides is 1. The maximum Gasteiger partial charge on any atom is 0.240 e. The molecule has 0 radical (unpaired) electrons. The number of nitrogens with zero attached hydrogens (tertiary/aromatic N) is 1. The van der Waals surface area contributed by atoms with Crippen LogP contribution in [-0.4, -0.2) is 33.5 Å². The average molecular weight is 457 g/mol. The lowest BCUT2D eigenvalue weighted by molar-refractivity contribution is 0.181. The molecular formula is C24H28N2O3S2. The zero-order valence-electron chi connectivity index (χ0n) is 18.1. The monoisotopic (exact) mass is 456 g/mol. The van der Waals surface area contributed by atoms with Crippen molar-refractivity contribution in [2.45, 2.75) is 37.8 Å². The molecule has 7 heteroatoms. The minimum Gasteiger partial charge on any atom is -0.496 e. The third-order valence-electron chi connectivity index (χ3n) is 5.94. The standard InChI is InChI=1S/C24H28N2O3S2/c1-17-12-22(13-18(2)24(17)29-3)31(27,28)25-14-23(21-9-11-30-16-21)26-10-8-19-6-4-5-7-20(19)15-26/h4-7,9,11-13,16,23,25H,8,10,14-15H2,1-3H3/t23-/m0/s1. The summed E-state index contributed by atoms with van der Waals surface area (Å²) in [6.07, 6.45) is 0.973. The number of fused-ring (bicyclic) bond motifs is 1. The summed E-state index contributed by atoms with van der Waals surface area (Å²) in [5, 5.41) is 4.16. The molecule has 0 aliphatic carbocycles. The van der Waals surface area contributed by atoms with E-state index in [0.717, 1.165) is 42.0 Å². The second-order valence-corrected chi connectivity index (χ2v) is 10.6. The first-order chi connectivity index (χ1) is 14.9. The smallest absolute Gasteiger partial charge is 0.240 e. The molecule has 0 fully saturated rings. The van der Waals surface area contributed by atoms with Crippen molar-refractivity contribution >= 4 is 21.4 Å². The first kappa shape index (κ1) is 22.0. The van der Waals surface area contributed by atoms with E-state index in [1.807, 2.05) is 19.2 Å². The van der Waals surface area contributed by atoms with E-state index in [-0.39, 0.29) is 10.9 Å². The fourth-order valence-electron chi connectivity index (χ4n) is 4.37. The number of nitrogens with one attached hydrogen (secondary N) is 1. The lowest BCUT2D eigenvalue weighted by atomic mass is 9.97. The van der Waals surface area contributed by atoms with Crippen LogP contribution in [0.5, 0.6) is 5.75 Å². The van der Waals surface area contributed by atoms with E-state index in [0.29, 0.717) is 6.54 Å². The molecular weight excluding hydrogens is 428 g/mol. The molecule has 1 aromatic heterocycles. The van der Waals surface area contributed by atoms with Crippen molar-refractivity contribution in [2.75, 3.05) is 20.2 Å². The van der Waals surface area contributed by atoms with Gasteiger partial charge in [-0.15, -0.1) is 0 Å². The molecule has 0 saturated carbocycles. The Bertz CT molecular complexity index is 1130. The molecule has 31 heavy (non-hydrogen) atoms. The molecule has 2 heterocycles. The predicted molar refractivity (Wildman–Crippen MR) is 125 cm³/mol. The SMILES string of the molecule is COc1c(C)cc(S(=O)(=O)NC[C@@H](c2ccsc2)N2CCc3ccccc3C2)cc1C. The zero-order valence-corrected chi connectivity index (χ0v) is 19.7. The Labute approximate surface area is 188 Å². The second-order valence-electron chi connectivity index (χ2n) is 8.00. The third kappa shape index (κ3) is 4.70. The highest BCUT2D eigenvalue weighted by Gasteiger charge is 2.27. The molecule has 2 aromatic carbocycles. The molecule has 1 aliphatic rings. The fourth-order valence-corrected chi connectivity index (χ4v) is 6.28. The molecule has 1 N–H and O–H groups in total. The van der Waals surface area contributed by atoms with E-state index in [1.54, 1.807) is 30.6 Å². The van der Waals surface area contributed by atoms with Crippen LogP contribution in [0.2, 0.25) is 0 Å². The third-order valence-corrected chi connectivity index (χ3v) is 8.05. The first-order valence-corrected chi connectivity index (χ1v) is 12.8. The van der Waals surface area contributed by atoms with Gasteiger partial charge in [-0.25, -0.2) is 13.1 Å². The van der Waals surface area contributed by atoms with Gasteiger partial charge in [0.15, 0.2) is 0 Å². The maximum atomic E-state index is 13.1. The largest absolute Gasteiger partial charge is 0.496 e. The lowest BCUT2D eigenvalue weighted by Gasteiger charge is -2.35. The summed E-state index contributed by atoms with van der Waals surface area (Å²) in [5.41, 5.74) is 5.47. The topological polar surface area (TPSA) is 58.6 Å². The summed E-state index contributed by atoms with van der Waals surface area (Å²) in [5.74, 6) is 0.724. The predicted octanol–water partition coefficient (Wildman–Crippen LogP) is 4.45. The number of rotatable bonds is 7. The summed E-state index contributed by atoms with van der Waals surface area (Å²) in [6.45, 7) is 5.78. The van der Waals surface area contributed by atoms with Gasteiger partial charge in [-0.3, -0.25) is 4.90 Å². The molecule has 0 unspecified atom stereocenters. The van der Waals surface area contributed by atoms with Crippen LogP contribution in [0.25, 0.3) is 0 Å². The Morgan fingerprint density at radius 2 is 1.84 bits per heavy atom. The van der Waals surface area contributed by atoms with Crippen LogP contribution in [0.4, 0.5) is 0 Å². The summed E-state index contributed by atoms with van der Waals surface area (Å²) < 4.78 is 34.5.